The fourth-order valence-electron chi connectivity index (χ4n) is 7.41. The van der Waals surface area contributed by atoms with Gasteiger partial charge in [0.1, 0.15) is 0 Å². The van der Waals surface area contributed by atoms with Crippen LogP contribution in [0.2, 0.25) is 0 Å². The first-order valence-corrected chi connectivity index (χ1v) is 20.3. The first kappa shape index (κ1) is 36.7. The second-order valence-corrected chi connectivity index (χ2v) is 18.1. The molecule has 254 valence electrons. The van der Waals surface area contributed by atoms with Crippen LogP contribution in [0.5, 0.6) is 0 Å². The molecule has 0 aliphatic carbocycles. The maximum absolute atomic E-state index is 2.49. The Balaban J connectivity index is 0.000000689. The van der Waals surface area contributed by atoms with Crippen LogP contribution < -0.4 is 26.5 Å². The van der Waals surface area contributed by atoms with Crippen LogP contribution >= 0.6 is 15.8 Å². The Hall–Kier alpha value is -4.08. The smallest absolute Gasteiger partial charge is 0.214 e. The van der Waals surface area contributed by atoms with Gasteiger partial charge in [0.2, 0.25) is 0 Å². The summed E-state index contributed by atoms with van der Waals surface area (Å²) in [6, 6.07) is 63.1. The van der Waals surface area contributed by atoms with Crippen molar-refractivity contribution in [2.75, 3.05) is 0 Å². The third-order valence-electron chi connectivity index (χ3n) is 9.44. The van der Waals surface area contributed by atoms with E-state index in [2.05, 4.69) is 174 Å². The third kappa shape index (κ3) is 8.05. The second-order valence-electron chi connectivity index (χ2n) is 13.4. The number of hydrogen-bond donors (Lipinski definition) is 0. The van der Waals surface area contributed by atoms with E-state index in [1.54, 1.807) is 0 Å². The Labute approximate surface area is 317 Å². The molecule has 0 N–H and O–H groups in total. The van der Waals surface area contributed by atoms with Crippen molar-refractivity contribution >= 4 is 63.9 Å². The van der Waals surface area contributed by atoms with Crippen molar-refractivity contribution in [3.05, 3.63) is 198 Å². The molecular formula is C48H44FeP2. The van der Waals surface area contributed by atoms with Crippen LogP contribution in [-0.2, 0) is 17.1 Å². The Morgan fingerprint density at radius 2 is 0.941 bits per heavy atom. The number of fused-ring (bicyclic) bond motifs is 2. The van der Waals surface area contributed by atoms with Gasteiger partial charge >= 0.3 is 17.1 Å². The van der Waals surface area contributed by atoms with Crippen LogP contribution in [0.25, 0.3) is 21.5 Å². The Morgan fingerprint density at radius 3 is 1.39 bits per heavy atom. The van der Waals surface area contributed by atoms with Crippen LogP contribution in [0, 0.1) is 27.7 Å². The molecule has 0 aromatic heterocycles. The molecular weight excluding hydrogens is 694 g/mol. The van der Waals surface area contributed by atoms with Gasteiger partial charge in [0.05, 0.1) is 0 Å². The molecule has 0 saturated heterocycles. The maximum atomic E-state index is 2.49. The van der Waals surface area contributed by atoms with E-state index in [1.165, 1.54) is 75.9 Å². The molecule has 0 amide bonds. The summed E-state index contributed by atoms with van der Waals surface area (Å²) < 4.78 is 0. The Morgan fingerprint density at radius 1 is 0.490 bits per heavy atom. The van der Waals surface area contributed by atoms with Crippen molar-refractivity contribution in [1.82, 2.24) is 0 Å². The van der Waals surface area contributed by atoms with Gasteiger partial charge in [-0.25, -0.2) is 18.2 Å². The van der Waals surface area contributed by atoms with E-state index in [1.807, 2.05) is 30.3 Å². The first-order chi connectivity index (χ1) is 24.4. The Kier molecular flexibility index (Phi) is 11.9. The third-order valence-corrected chi connectivity index (χ3v) is 14.8. The summed E-state index contributed by atoms with van der Waals surface area (Å²) in [6.07, 6.45) is 0. The summed E-state index contributed by atoms with van der Waals surface area (Å²) >= 11 is 0. The molecule has 51 heavy (non-hydrogen) atoms. The van der Waals surface area contributed by atoms with Gasteiger partial charge in [0.15, 0.2) is 0 Å². The summed E-state index contributed by atoms with van der Waals surface area (Å²) in [5, 5.41) is 12.6. The van der Waals surface area contributed by atoms with E-state index in [0.717, 1.165) is 0 Å². The monoisotopic (exact) mass is 738 g/mol. The van der Waals surface area contributed by atoms with E-state index in [-0.39, 0.29) is 17.1 Å². The van der Waals surface area contributed by atoms with E-state index >= 15 is 0 Å². The van der Waals surface area contributed by atoms with Crippen molar-refractivity contribution < 1.29 is 17.1 Å². The quantitative estimate of drug-likeness (QED) is 0.0868. The molecule has 0 radical (unpaired) electrons. The molecule has 3 heteroatoms. The minimum atomic E-state index is -0.839. The molecule has 0 unspecified atom stereocenters. The normalized spacial score (nSPS) is 11.7. The fraction of sp³-hybridized carbons (Fsp3) is 0.125. The van der Waals surface area contributed by atoms with Crippen LogP contribution in [0.3, 0.4) is 0 Å². The van der Waals surface area contributed by atoms with E-state index in [4.69, 9.17) is 0 Å². The van der Waals surface area contributed by atoms with E-state index < -0.39 is 15.8 Å². The van der Waals surface area contributed by atoms with Gasteiger partial charge in [-0.3, -0.25) is 0 Å². The minimum absolute atomic E-state index is 0. The van der Waals surface area contributed by atoms with Crippen LogP contribution in [0.4, 0.5) is 0 Å². The molecule has 0 bridgehead atoms. The van der Waals surface area contributed by atoms with E-state index in [0.29, 0.717) is 5.66 Å². The SMILES string of the molecule is Cc1cc(C)cc(P(c2cc(C)cc(C)c2)[C@@H](C)c2cc[cH-]c2P(c2cccc3ccccc23)c2cccc3ccccc23)c1.[Fe+2].c1cc[cH-]c1. The zero-order valence-corrected chi connectivity index (χ0v) is 32.9. The average Bonchev–Trinajstić information content (AvgIpc) is 3.85. The molecule has 8 aromatic rings. The molecule has 0 aliphatic heterocycles. The first-order valence-electron chi connectivity index (χ1n) is 17.5. The number of aryl methyl sites for hydroxylation is 4. The fourth-order valence-corrected chi connectivity index (χ4v) is 13.5. The summed E-state index contributed by atoms with van der Waals surface area (Å²) in [5.74, 6) is 0. The molecule has 0 heterocycles. The summed E-state index contributed by atoms with van der Waals surface area (Å²) in [4.78, 5) is 0. The average molecular weight is 739 g/mol. The van der Waals surface area contributed by atoms with Gasteiger partial charge in [-0.05, 0) is 92.0 Å². The largest absolute Gasteiger partial charge is 2.00 e. The topological polar surface area (TPSA) is 0 Å². The maximum Gasteiger partial charge on any atom is 2.00 e. The van der Waals surface area contributed by atoms with Crippen molar-refractivity contribution in [2.45, 2.75) is 40.3 Å². The number of hydrogen-bond acceptors (Lipinski definition) is 0. The predicted octanol–water partition coefficient (Wildman–Crippen LogP) is 11.3. The molecule has 0 fully saturated rings. The van der Waals surface area contributed by atoms with Gasteiger partial charge in [0.25, 0.3) is 0 Å². The van der Waals surface area contributed by atoms with Gasteiger partial charge in [-0.15, -0.1) is 5.30 Å². The molecule has 0 saturated carbocycles. The minimum Gasteiger partial charge on any atom is -0.214 e. The molecule has 8 rings (SSSR count). The molecule has 0 nitrogen and oxygen atoms in total. The van der Waals surface area contributed by atoms with Gasteiger partial charge in [0, 0.05) is 0 Å². The standard InChI is InChI=1S/C43H39P2.C5H5.Fe/c1-29-23-30(2)26-36(25-29)44(37-27-31(3)24-32(4)28-37)33(5)38-19-12-22-41(38)45(42-20-10-15-34-13-6-8-17-39(34)42)43-21-11-16-35-14-7-9-18-40(35)43;1-2-4-5-3-1;/h6-28,33H,1-5H3;1-5H;/q2*-1;+2/t33-;;/m0../s1. The summed E-state index contributed by atoms with van der Waals surface area (Å²) in [7, 11) is -1.50. The van der Waals surface area contributed by atoms with Crippen molar-refractivity contribution in [2.24, 2.45) is 0 Å². The molecule has 8 aromatic carbocycles. The van der Waals surface area contributed by atoms with Crippen molar-refractivity contribution in [1.29, 1.82) is 0 Å². The van der Waals surface area contributed by atoms with Crippen LogP contribution in [-0.4, -0.2) is 0 Å². The van der Waals surface area contributed by atoms with Crippen molar-refractivity contribution in [3.63, 3.8) is 0 Å². The predicted molar refractivity (Wildman–Crippen MR) is 224 cm³/mol. The van der Waals surface area contributed by atoms with Crippen molar-refractivity contribution in [3.8, 4) is 0 Å². The number of benzene rings is 6. The zero-order chi connectivity index (χ0) is 34.6. The Bertz CT molecular complexity index is 2160. The molecule has 1 atom stereocenters. The van der Waals surface area contributed by atoms with Gasteiger partial charge in [-0.1, -0.05) is 151 Å². The molecule has 0 aliphatic rings. The van der Waals surface area contributed by atoms with Gasteiger partial charge < -0.3 is 0 Å². The molecule has 0 spiro atoms. The number of rotatable bonds is 7. The van der Waals surface area contributed by atoms with Crippen LogP contribution in [0.15, 0.2) is 170 Å². The second kappa shape index (κ2) is 16.5. The summed E-state index contributed by atoms with van der Waals surface area (Å²) in [6.45, 7) is 11.4. The zero-order valence-electron chi connectivity index (χ0n) is 30.0. The summed E-state index contributed by atoms with van der Waals surface area (Å²) in [5.41, 5.74) is 7.17. The van der Waals surface area contributed by atoms with E-state index in [9.17, 15) is 0 Å². The van der Waals surface area contributed by atoms with Crippen LogP contribution in [0.1, 0.15) is 40.4 Å². The van der Waals surface area contributed by atoms with Gasteiger partial charge in [-0.2, -0.15) is 35.9 Å².